The zero-order chi connectivity index (χ0) is 46.4. The smallest absolute Gasteiger partial charge is 0.316 e. The summed E-state index contributed by atoms with van der Waals surface area (Å²) in [6.45, 7) is 18.9. The molecule has 65 heavy (non-hydrogen) atoms. The largest absolute Gasteiger partial charge is 0.462 e. The van der Waals surface area contributed by atoms with Gasteiger partial charge in [-0.2, -0.15) is 0 Å². The van der Waals surface area contributed by atoms with Crippen molar-refractivity contribution in [1.82, 2.24) is 4.90 Å². The van der Waals surface area contributed by atoms with E-state index in [9.17, 15) is 15.0 Å². The number of ether oxygens (including phenoxy) is 10. The highest BCUT2D eigenvalue weighted by Crippen LogP contribution is 2.48. The zero-order valence-electron chi connectivity index (χ0n) is 40.6. The maximum atomic E-state index is 14.4. The van der Waals surface area contributed by atoms with E-state index in [1.165, 1.54) is 6.42 Å². The van der Waals surface area contributed by atoms with Crippen molar-refractivity contribution in [2.45, 2.75) is 210 Å². The Balaban J connectivity index is 1.05. The zero-order valence-corrected chi connectivity index (χ0v) is 40.6. The van der Waals surface area contributed by atoms with Crippen LogP contribution in [0, 0.1) is 23.7 Å². The van der Waals surface area contributed by atoms with Crippen LogP contribution in [0.15, 0.2) is 47.1 Å². The highest BCUT2D eigenvalue weighted by molar-refractivity contribution is 5.78. The molecule has 7 aliphatic heterocycles. The minimum absolute atomic E-state index is 0.00182. The minimum atomic E-state index is -1.81. The van der Waals surface area contributed by atoms with Crippen molar-refractivity contribution < 1.29 is 62.4 Å². The first-order valence-corrected chi connectivity index (χ1v) is 24.8. The van der Waals surface area contributed by atoms with E-state index in [2.05, 4.69) is 52.5 Å². The molecule has 0 amide bonds. The Morgan fingerprint density at radius 2 is 1.66 bits per heavy atom. The van der Waals surface area contributed by atoms with Crippen LogP contribution < -0.4 is 0 Å². The number of carbonyl (C=O) groups excluding carboxylic acids is 1. The molecule has 14 nitrogen and oxygen atoms in total. The van der Waals surface area contributed by atoms with Gasteiger partial charge in [-0.25, -0.2) is 0 Å². The number of fused-ring (bicyclic) bond motifs is 2. The van der Waals surface area contributed by atoms with Gasteiger partial charge in [0.1, 0.15) is 35.9 Å². The quantitative estimate of drug-likeness (QED) is 0.196. The number of aliphatic hydroxyl groups excluding tert-OH is 1. The van der Waals surface area contributed by atoms with E-state index >= 15 is 0 Å². The summed E-state index contributed by atoms with van der Waals surface area (Å²) in [5, 5.41) is 23.8. The van der Waals surface area contributed by atoms with Gasteiger partial charge in [0.25, 0.3) is 0 Å². The molecular formula is C51H79NO13. The Hall–Kier alpha value is -2.05. The van der Waals surface area contributed by atoms with E-state index in [0.29, 0.717) is 61.5 Å². The molecule has 1 aliphatic carbocycles. The Morgan fingerprint density at radius 3 is 2.37 bits per heavy atom. The molecule has 0 aromatic heterocycles. The monoisotopic (exact) mass is 914 g/mol. The first-order chi connectivity index (χ1) is 31.1. The number of esters is 1. The number of likely N-dealkylation sites (tertiary alicyclic amines) is 1. The van der Waals surface area contributed by atoms with Crippen LogP contribution in [0.25, 0.3) is 0 Å². The van der Waals surface area contributed by atoms with Crippen molar-refractivity contribution in [1.29, 1.82) is 0 Å². The summed E-state index contributed by atoms with van der Waals surface area (Å²) in [6.07, 6.45) is 10.3. The molecule has 2 N–H and O–H groups in total. The van der Waals surface area contributed by atoms with Crippen molar-refractivity contribution >= 4 is 5.97 Å². The number of carbonyl (C=O) groups is 1. The van der Waals surface area contributed by atoms with Crippen molar-refractivity contribution in [3.8, 4) is 0 Å². The van der Waals surface area contributed by atoms with Gasteiger partial charge in [0.2, 0.25) is 0 Å². The van der Waals surface area contributed by atoms with E-state index in [-0.39, 0.29) is 61.3 Å². The van der Waals surface area contributed by atoms with Crippen molar-refractivity contribution in [3.05, 3.63) is 47.1 Å². The SMILES string of the molecule is CCC(C)[C@H]1OC2(CC[C@@H]1C)CC1CC(C/C=C(\C)[C@@H](O[C@H]3C[C@H](OC)[C@@H](O[C@H]4C[C@H](OC)[C@H](N5CCC5)[C@H](C)O4)[C@H](C)O3)[C@@H](C)/C=C/C=C3\COC4[C@H](O)C(C)=C[C@@H](C(=O)O1)[C@]34O)O2. The lowest BCUT2D eigenvalue weighted by Crippen LogP contribution is -2.61. The predicted octanol–water partition coefficient (Wildman–Crippen LogP) is 6.31. The van der Waals surface area contributed by atoms with Crippen LogP contribution in [-0.2, 0) is 52.2 Å². The van der Waals surface area contributed by atoms with Crippen LogP contribution in [0.1, 0.15) is 113 Å². The maximum absolute atomic E-state index is 14.4. The second kappa shape index (κ2) is 20.5. The molecule has 14 heteroatoms. The minimum Gasteiger partial charge on any atom is -0.462 e. The number of methoxy groups -OCH3 is 2. The molecule has 0 saturated carbocycles. The second-order valence-electron chi connectivity index (χ2n) is 20.7. The molecular weight excluding hydrogens is 835 g/mol. The van der Waals surface area contributed by atoms with Gasteiger partial charge in [0.15, 0.2) is 18.4 Å². The molecule has 0 aromatic rings. The average Bonchev–Trinajstić information content (AvgIpc) is 3.60. The van der Waals surface area contributed by atoms with Crippen LogP contribution in [0.3, 0.4) is 0 Å². The number of aliphatic hydroxyl groups is 2. The fraction of sp³-hybridized carbons (Fsp3) is 0.824. The van der Waals surface area contributed by atoms with E-state index < -0.39 is 60.3 Å². The van der Waals surface area contributed by atoms with Crippen LogP contribution in [0.4, 0.5) is 0 Å². The summed E-state index contributed by atoms with van der Waals surface area (Å²) in [4.78, 5) is 16.8. The number of hydrogen-bond acceptors (Lipinski definition) is 14. The summed E-state index contributed by atoms with van der Waals surface area (Å²) >= 11 is 0. The second-order valence-corrected chi connectivity index (χ2v) is 20.7. The van der Waals surface area contributed by atoms with Gasteiger partial charge >= 0.3 is 5.97 Å². The number of allylic oxidation sites excluding steroid dienone is 2. The van der Waals surface area contributed by atoms with E-state index in [1.807, 2.05) is 25.2 Å². The Bertz CT molecular complexity index is 1780. The van der Waals surface area contributed by atoms with Gasteiger partial charge in [0.05, 0.1) is 55.4 Å². The third-order valence-corrected chi connectivity index (χ3v) is 16.2. The summed E-state index contributed by atoms with van der Waals surface area (Å²) in [7, 11) is 3.48. The number of nitrogens with zero attached hydrogens (tertiary/aromatic N) is 1. The lowest BCUT2D eigenvalue weighted by molar-refractivity contribution is -0.340. The fourth-order valence-electron chi connectivity index (χ4n) is 12.1. The number of rotatable bonds is 9. The van der Waals surface area contributed by atoms with E-state index in [1.54, 1.807) is 27.2 Å². The fourth-order valence-corrected chi connectivity index (χ4v) is 12.1. The average molecular weight is 914 g/mol. The highest BCUT2D eigenvalue weighted by atomic mass is 16.7. The van der Waals surface area contributed by atoms with Gasteiger partial charge in [-0.15, -0.1) is 0 Å². The van der Waals surface area contributed by atoms with Crippen molar-refractivity contribution in [2.24, 2.45) is 23.7 Å². The van der Waals surface area contributed by atoms with Gasteiger partial charge in [-0.3, -0.25) is 9.69 Å². The normalized spacial score (nSPS) is 49.0. The Kier molecular flexibility index (Phi) is 15.6. The van der Waals surface area contributed by atoms with Crippen molar-refractivity contribution in [2.75, 3.05) is 33.9 Å². The summed E-state index contributed by atoms with van der Waals surface area (Å²) in [5.74, 6) is -2.03. The van der Waals surface area contributed by atoms with Crippen LogP contribution >= 0.6 is 0 Å². The Morgan fingerprint density at radius 1 is 0.938 bits per heavy atom. The standard InChI is InChI=1S/C51H79NO13/c1-11-28(2)46-31(5)18-19-50(65-46)26-37-23-36(64-50)17-16-30(4)45(29(3)14-12-15-35-27-58-48-44(53)32(6)22-38(49(54)61-37)51(35,48)55)62-42-25-40(57-10)47(34(8)60-42)63-41-24-39(56-9)43(33(7)59-41)52-20-13-21-52/h12,14-16,22,28-29,31,33-34,36-48,53,55H,11,13,17-21,23-27H2,1-10H3/b14-12+,30-16+,35-15+/t28?,29-,31-,33-,34-,36?,37?,38-,39-,40-,41-,42-,43+,44+,45-,46+,47-,48?,50?,51+/m0/s1. The molecule has 20 atom stereocenters. The molecule has 1 spiro atoms. The van der Waals surface area contributed by atoms with Gasteiger partial charge in [0, 0.05) is 52.2 Å². The molecule has 8 aliphatic rings. The Labute approximate surface area is 387 Å². The van der Waals surface area contributed by atoms with Gasteiger partial charge < -0.3 is 57.6 Å². The van der Waals surface area contributed by atoms with Crippen molar-refractivity contribution in [3.63, 3.8) is 0 Å². The summed E-state index contributed by atoms with van der Waals surface area (Å²) < 4.78 is 65.5. The lowest BCUT2D eigenvalue weighted by atomic mass is 9.71. The summed E-state index contributed by atoms with van der Waals surface area (Å²) in [5.41, 5.74) is 0.250. The van der Waals surface area contributed by atoms with Gasteiger partial charge in [-0.05, 0) is 88.6 Å². The molecule has 7 heterocycles. The molecule has 0 radical (unpaired) electrons. The third-order valence-electron chi connectivity index (χ3n) is 16.2. The third kappa shape index (κ3) is 10.0. The van der Waals surface area contributed by atoms with E-state index in [4.69, 9.17) is 47.4 Å². The van der Waals surface area contributed by atoms with E-state index in [0.717, 1.165) is 31.5 Å². The van der Waals surface area contributed by atoms with Crippen LogP contribution in [-0.4, -0.2) is 152 Å². The molecule has 6 saturated heterocycles. The van der Waals surface area contributed by atoms with Crippen LogP contribution in [0.5, 0.6) is 0 Å². The first-order valence-electron chi connectivity index (χ1n) is 24.8. The predicted molar refractivity (Wildman–Crippen MR) is 241 cm³/mol. The first kappa shape index (κ1) is 49.4. The molecule has 0 aromatic carbocycles. The summed E-state index contributed by atoms with van der Waals surface area (Å²) in [6, 6.07) is 0.199. The topological polar surface area (TPSA) is 153 Å². The molecule has 366 valence electrons. The molecule has 8 rings (SSSR count). The highest BCUT2D eigenvalue weighted by Gasteiger charge is 2.60. The van der Waals surface area contributed by atoms with Gasteiger partial charge in [-0.1, -0.05) is 64.5 Å². The van der Waals surface area contributed by atoms with Crippen LogP contribution in [0.2, 0.25) is 0 Å². The molecule has 2 bridgehead atoms. The molecule has 5 unspecified atom stereocenters. The lowest BCUT2D eigenvalue weighted by Gasteiger charge is -2.51. The molecule has 6 fully saturated rings. The maximum Gasteiger partial charge on any atom is 0.316 e. The number of hydrogen-bond donors (Lipinski definition) is 2.